The number of aromatic nitrogens is 2. The van der Waals surface area contributed by atoms with Gasteiger partial charge >= 0.3 is 0 Å². The van der Waals surface area contributed by atoms with E-state index in [9.17, 15) is 27.5 Å². The molecule has 2 aromatic rings. The van der Waals surface area contributed by atoms with Crippen molar-refractivity contribution in [3.05, 3.63) is 58.7 Å². The van der Waals surface area contributed by atoms with Crippen molar-refractivity contribution in [3.8, 4) is 0 Å². The molecule has 1 aromatic heterocycles. The number of alkyl halides is 2. The average Bonchev–Trinajstić information content (AvgIpc) is 2.64. The van der Waals surface area contributed by atoms with Crippen molar-refractivity contribution in [2.24, 2.45) is 0 Å². The first kappa shape index (κ1) is 20.2. The predicted octanol–water partition coefficient (Wildman–Crippen LogP) is 2.75. The Morgan fingerprint density at radius 1 is 1.32 bits per heavy atom. The Kier molecular flexibility index (Phi) is 5.64. The third-order valence-corrected chi connectivity index (χ3v) is 4.86. The average molecular weight is 397 g/mol. The maximum Gasteiger partial charge on any atom is 0.273 e. The fraction of sp³-hybridized carbons (Fsp3) is 0.421. The number of hydrogen-bond acceptors (Lipinski definition) is 4. The lowest BCUT2D eigenvalue weighted by atomic mass is 9.87. The molecule has 1 saturated heterocycles. The van der Waals surface area contributed by atoms with Crippen LogP contribution in [0.5, 0.6) is 0 Å². The van der Waals surface area contributed by atoms with Gasteiger partial charge in [-0.1, -0.05) is 6.07 Å². The molecule has 1 atom stereocenters. The smallest absolute Gasteiger partial charge is 0.273 e. The number of nitrogens with zero attached hydrogens (tertiary/aromatic N) is 3. The van der Waals surface area contributed by atoms with Crippen LogP contribution in [-0.4, -0.2) is 44.9 Å². The molecule has 2 heterocycles. The second-order valence-electron chi connectivity index (χ2n) is 6.78. The largest absolute Gasteiger partial charge is 0.392 e. The summed E-state index contributed by atoms with van der Waals surface area (Å²) in [4.78, 5) is 21.3. The molecule has 0 saturated carbocycles. The number of hydrogen-bond donors (Lipinski definition) is 1. The lowest BCUT2D eigenvalue weighted by Crippen LogP contribution is -2.50. The Bertz CT molecular complexity index is 871. The van der Waals surface area contributed by atoms with Crippen LogP contribution in [0.3, 0.4) is 0 Å². The van der Waals surface area contributed by atoms with E-state index in [1.165, 1.54) is 12.3 Å². The topological polar surface area (TPSA) is 66.3 Å². The summed E-state index contributed by atoms with van der Waals surface area (Å²) in [5.74, 6) is -6.85. The number of aliphatic hydroxyl groups is 1. The van der Waals surface area contributed by atoms with Crippen molar-refractivity contribution < 1.29 is 27.5 Å². The van der Waals surface area contributed by atoms with E-state index in [4.69, 9.17) is 0 Å². The molecule has 1 aliphatic rings. The molecule has 1 unspecified atom stereocenters. The van der Waals surface area contributed by atoms with E-state index in [1.807, 2.05) is 0 Å². The van der Waals surface area contributed by atoms with Gasteiger partial charge in [0.2, 0.25) is 5.91 Å². The Morgan fingerprint density at radius 2 is 2.00 bits per heavy atom. The first-order chi connectivity index (χ1) is 13.2. The molecule has 0 radical (unpaired) electrons. The maximum atomic E-state index is 14.8. The lowest BCUT2D eigenvalue weighted by Gasteiger charge is -2.38. The van der Waals surface area contributed by atoms with E-state index in [1.54, 1.807) is 6.92 Å². The number of rotatable bonds is 4. The summed E-state index contributed by atoms with van der Waals surface area (Å²) in [5, 5.41) is 9.41. The highest BCUT2D eigenvalue weighted by Gasteiger charge is 2.48. The van der Waals surface area contributed by atoms with Crippen molar-refractivity contribution in [3.63, 3.8) is 0 Å². The van der Waals surface area contributed by atoms with Crippen LogP contribution in [0.25, 0.3) is 0 Å². The summed E-state index contributed by atoms with van der Waals surface area (Å²) in [7, 11) is 0. The molecule has 5 nitrogen and oxygen atoms in total. The van der Waals surface area contributed by atoms with Gasteiger partial charge in [-0.25, -0.2) is 27.5 Å². The fourth-order valence-corrected chi connectivity index (χ4v) is 3.39. The van der Waals surface area contributed by atoms with Crippen molar-refractivity contribution >= 4 is 5.91 Å². The van der Waals surface area contributed by atoms with E-state index in [-0.39, 0.29) is 24.2 Å². The highest BCUT2D eigenvalue weighted by molar-refractivity contribution is 5.79. The number of piperidine rings is 1. The molecule has 1 amide bonds. The molecular weight excluding hydrogens is 378 g/mol. The van der Waals surface area contributed by atoms with Crippen LogP contribution in [0.2, 0.25) is 0 Å². The Hall–Kier alpha value is -2.55. The first-order valence-electron chi connectivity index (χ1n) is 8.74. The van der Waals surface area contributed by atoms with Crippen LogP contribution in [0.15, 0.2) is 24.4 Å². The number of carbonyl (C=O) groups excluding carboxylic acids is 1. The van der Waals surface area contributed by atoms with Crippen LogP contribution in [-0.2, 0) is 17.8 Å². The number of benzene rings is 1. The second-order valence-corrected chi connectivity index (χ2v) is 6.78. The van der Waals surface area contributed by atoms with Crippen LogP contribution in [0.1, 0.15) is 35.0 Å². The van der Waals surface area contributed by atoms with Gasteiger partial charge in [0.25, 0.3) is 5.92 Å². The predicted molar refractivity (Wildman–Crippen MR) is 91.6 cm³/mol. The third-order valence-electron chi connectivity index (χ3n) is 4.86. The van der Waals surface area contributed by atoms with E-state index in [2.05, 4.69) is 9.97 Å². The highest BCUT2D eigenvalue weighted by Crippen LogP contribution is 2.40. The van der Waals surface area contributed by atoms with Crippen molar-refractivity contribution in [1.29, 1.82) is 0 Å². The van der Waals surface area contributed by atoms with E-state index >= 15 is 0 Å². The molecular formula is C19H19F4N3O2. The molecule has 3 rings (SSSR count). The molecule has 150 valence electrons. The Labute approximate surface area is 159 Å². The number of halogens is 4. The summed E-state index contributed by atoms with van der Waals surface area (Å²) in [6.45, 7) is 0.186. The van der Waals surface area contributed by atoms with Crippen molar-refractivity contribution in [2.45, 2.75) is 38.2 Å². The minimum absolute atomic E-state index is 0.0108. The van der Waals surface area contributed by atoms with Crippen LogP contribution in [0.4, 0.5) is 17.6 Å². The third kappa shape index (κ3) is 3.99. The monoisotopic (exact) mass is 397 g/mol. The zero-order valence-corrected chi connectivity index (χ0v) is 15.1. The van der Waals surface area contributed by atoms with Gasteiger partial charge in [-0.15, -0.1) is 0 Å². The van der Waals surface area contributed by atoms with Crippen LogP contribution >= 0.6 is 0 Å². The Morgan fingerprint density at radius 3 is 2.61 bits per heavy atom. The van der Waals surface area contributed by atoms with Gasteiger partial charge in [-0.3, -0.25) is 4.79 Å². The molecule has 9 heteroatoms. The highest BCUT2D eigenvalue weighted by atomic mass is 19.3. The van der Waals surface area contributed by atoms with E-state index in [0.717, 1.165) is 17.0 Å². The summed E-state index contributed by atoms with van der Waals surface area (Å²) in [6.07, 6.45) is 0.585. The van der Waals surface area contributed by atoms with E-state index in [0.29, 0.717) is 5.82 Å². The van der Waals surface area contributed by atoms with Gasteiger partial charge < -0.3 is 10.0 Å². The van der Waals surface area contributed by atoms with Crippen LogP contribution < -0.4 is 0 Å². The number of amides is 1. The van der Waals surface area contributed by atoms with Crippen molar-refractivity contribution in [1.82, 2.24) is 14.9 Å². The normalized spacial score (nSPS) is 18.9. The van der Waals surface area contributed by atoms with Gasteiger partial charge in [-0.05, 0) is 25.5 Å². The van der Waals surface area contributed by atoms with Crippen molar-refractivity contribution in [2.75, 3.05) is 13.1 Å². The minimum atomic E-state index is -3.31. The lowest BCUT2D eigenvalue weighted by molar-refractivity contribution is -0.143. The zero-order valence-electron chi connectivity index (χ0n) is 15.1. The molecule has 1 aliphatic heterocycles. The van der Waals surface area contributed by atoms with Gasteiger partial charge in [-0.2, -0.15) is 0 Å². The second kappa shape index (κ2) is 7.83. The summed E-state index contributed by atoms with van der Waals surface area (Å²) in [6, 6.07) is 3.20. The van der Waals surface area contributed by atoms with Gasteiger partial charge in [0.1, 0.15) is 17.5 Å². The quantitative estimate of drug-likeness (QED) is 0.806. The minimum Gasteiger partial charge on any atom is -0.392 e. The fourth-order valence-electron chi connectivity index (χ4n) is 3.39. The standard InChI is InChI=1S/C19H19F4N3O2/c1-11-24-8-12(9-27)18(25-11)14-5-6-26(10-19(14,22)23)17(28)7-13-15(20)3-2-4-16(13)21/h2-4,8,14,27H,5-7,9-10H2,1H3. The number of likely N-dealkylation sites (tertiary alicyclic amines) is 1. The zero-order chi connectivity index (χ0) is 20.5. The van der Waals surface area contributed by atoms with E-state index < -0.39 is 54.5 Å². The number of carbonyl (C=O) groups is 1. The summed E-state index contributed by atoms with van der Waals surface area (Å²) >= 11 is 0. The molecule has 28 heavy (non-hydrogen) atoms. The SMILES string of the molecule is Cc1ncc(CO)c(C2CCN(C(=O)Cc3c(F)cccc3F)CC2(F)F)n1. The molecule has 1 fully saturated rings. The van der Waals surface area contributed by atoms with Gasteiger partial charge in [0, 0.05) is 23.9 Å². The molecule has 0 aliphatic carbocycles. The Balaban J connectivity index is 1.78. The van der Waals surface area contributed by atoms with Gasteiger partial charge in [0.05, 0.1) is 31.2 Å². The van der Waals surface area contributed by atoms with Gasteiger partial charge in [0.15, 0.2) is 0 Å². The molecule has 0 bridgehead atoms. The summed E-state index contributed by atoms with van der Waals surface area (Å²) in [5.41, 5.74) is -0.164. The number of aliphatic hydroxyl groups excluding tert-OH is 1. The molecule has 1 aromatic carbocycles. The molecule has 1 N–H and O–H groups in total. The summed E-state index contributed by atoms with van der Waals surface area (Å²) < 4.78 is 57.1. The maximum absolute atomic E-state index is 14.8. The molecule has 0 spiro atoms. The van der Waals surface area contributed by atoms with Crippen LogP contribution in [0, 0.1) is 18.6 Å². The first-order valence-corrected chi connectivity index (χ1v) is 8.74. The number of aryl methyl sites for hydroxylation is 1.